The highest BCUT2D eigenvalue weighted by Gasteiger charge is 2.19. The van der Waals surface area contributed by atoms with E-state index in [0.29, 0.717) is 6.54 Å². The number of amides is 1. The third-order valence-corrected chi connectivity index (χ3v) is 4.93. The summed E-state index contributed by atoms with van der Waals surface area (Å²) < 4.78 is 5.24. The zero-order chi connectivity index (χ0) is 20.6. The lowest BCUT2D eigenvalue weighted by atomic mass is 10.2. The SMILES string of the molecule is CN=C(NCc1cccc(NC(C)=O)c1)N1CCN(c2ccc(OC)cc2)CC1.I. The molecular formula is C22H30IN5O2. The highest BCUT2D eigenvalue weighted by Crippen LogP contribution is 2.20. The fraction of sp³-hybridized carbons (Fsp3) is 0.364. The predicted octanol–water partition coefficient (Wildman–Crippen LogP) is 3.17. The number of methoxy groups -OCH3 is 1. The summed E-state index contributed by atoms with van der Waals surface area (Å²) in [4.78, 5) is 20.3. The summed E-state index contributed by atoms with van der Waals surface area (Å²) in [6, 6.07) is 16.0. The molecule has 1 saturated heterocycles. The molecule has 3 rings (SSSR count). The number of halogens is 1. The smallest absolute Gasteiger partial charge is 0.221 e. The van der Waals surface area contributed by atoms with E-state index in [0.717, 1.165) is 49.1 Å². The molecule has 162 valence electrons. The maximum Gasteiger partial charge on any atom is 0.221 e. The van der Waals surface area contributed by atoms with Crippen LogP contribution in [0.5, 0.6) is 5.75 Å². The largest absolute Gasteiger partial charge is 0.497 e. The molecule has 0 radical (unpaired) electrons. The fourth-order valence-corrected chi connectivity index (χ4v) is 3.45. The Morgan fingerprint density at radius 2 is 1.80 bits per heavy atom. The van der Waals surface area contributed by atoms with E-state index in [9.17, 15) is 4.79 Å². The molecule has 30 heavy (non-hydrogen) atoms. The van der Waals surface area contributed by atoms with Crippen molar-refractivity contribution in [3.8, 4) is 5.75 Å². The zero-order valence-electron chi connectivity index (χ0n) is 17.7. The molecule has 2 aromatic carbocycles. The molecule has 1 heterocycles. The van der Waals surface area contributed by atoms with Crippen LogP contribution in [-0.2, 0) is 11.3 Å². The van der Waals surface area contributed by atoms with E-state index >= 15 is 0 Å². The van der Waals surface area contributed by atoms with Crippen LogP contribution in [0.25, 0.3) is 0 Å². The van der Waals surface area contributed by atoms with Crippen LogP contribution in [0.1, 0.15) is 12.5 Å². The molecule has 1 aliphatic heterocycles. The van der Waals surface area contributed by atoms with Gasteiger partial charge in [0.25, 0.3) is 0 Å². The van der Waals surface area contributed by atoms with E-state index in [-0.39, 0.29) is 29.9 Å². The maximum atomic E-state index is 11.2. The molecule has 0 saturated carbocycles. The first-order chi connectivity index (χ1) is 14.1. The first kappa shape index (κ1) is 23.8. The average molecular weight is 523 g/mol. The van der Waals surface area contributed by atoms with E-state index in [4.69, 9.17) is 4.74 Å². The van der Waals surface area contributed by atoms with Gasteiger partial charge in [-0.15, -0.1) is 24.0 Å². The van der Waals surface area contributed by atoms with Crippen LogP contribution in [0, 0.1) is 0 Å². The van der Waals surface area contributed by atoms with Gasteiger partial charge in [0.2, 0.25) is 5.91 Å². The van der Waals surface area contributed by atoms with Crippen LogP contribution in [-0.4, -0.2) is 57.1 Å². The van der Waals surface area contributed by atoms with Crippen LogP contribution in [0.3, 0.4) is 0 Å². The lowest BCUT2D eigenvalue weighted by Gasteiger charge is -2.37. The number of ether oxygens (including phenoxy) is 1. The Balaban J connectivity index is 0.00000320. The summed E-state index contributed by atoms with van der Waals surface area (Å²) in [6.07, 6.45) is 0. The molecule has 0 atom stereocenters. The standard InChI is InChI=1S/C22H29N5O2.HI/c1-17(28)25-19-6-4-5-18(15-19)16-24-22(23-2)27-13-11-26(12-14-27)20-7-9-21(29-3)10-8-20;/h4-10,15H,11-14,16H2,1-3H3,(H,23,24)(H,25,28);1H. The summed E-state index contributed by atoms with van der Waals surface area (Å²) >= 11 is 0. The van der Waals surface area contributed by atoms with E-state index in [1.807, 2.05) is 43.4 Å². The molecule has 2 aromatic rings. The zero-order valence-corrected chi connectivity index (χ0v) is 20.1. The van der Waals surface area contributed by atoms with Crippen LogP contribution in [0.2, 0.25) is 0 Å². The van der Waals surface area contributed by atoms with E-state index < -0.39 is 0 Å². The number of nitrogens with one attached hydrogen (secondary N) is 2. The molecule has 1 amide bonds. The van der Waals surface area contributed by atoms with Gasteiger partial charge in [-0.05, 0) is 42.0 Å². The number of hydrogen-bond donors (Lipinski definition) is 2. The average Bonchev–Trinajstić information content (AvgIpc) is 2.74. The van der Waals surface area contributed by atoms with E-state index in [1.165, 1.54) is 12.6 Å². The number of nitrogens with zero attached hydrogens (tertiary/aromatic N) is 3. The molecular weight excluding hydrogens is 493 g/mol. The molecule has 8 heteroatoms. The molecule has 0 bridgehead atoms. The lowest BCUT2D eigenvalue weighted by molar-refractivity contribution is -0.114. The van der Waals surface area contributed by atoms with Gasteiger partial charge in [0.15, 0.2) is 5.96 Å². The Morgan fingerprint density at radius 1 is 1.10 bits per heavy atom. The van der Waals surface area contributed by atoms with Gasteiger partial charge in [-0.2, -0.15) is 0 Å². The Labute approximate surface area is 195 Å². The first-order valence-electron chi connectivity index (χ1n) is 9.80. The topological polar surface area (TPSA) is 69.2 Å². The number of anilines is 2. The molecule has 1 fully saturated rings. The van der Waals surface area contributed by atoms with Gasteiger partial charge in [0.1, 0.15) is 5.75 Å². The number of rotatable bonds is 5. The second kappa shape index (κ2) is 11.6. The predicted molar refractivity (Wildman–Crippen MR) is 133 cm³/mol. The number of hydrogen-bond acceptors (Lipinski definition) is 4. The van der Waals surface area contributed by atoms with Crippen molar-refractivity contribution in [2.24, 2.45) is 4.99 Å². The first-order valence-corrected chi connectivity index (χ1v) is 9.80. The summed E-state index contributed by atoms with van der Waals surface area (Å²) in [7, 11) is 3.49. The Bertz CT molecular complexity index is 849. The lowest BCUT2D eigenvalue weighted by Crippen LogP contribution is -2.52. The van der Waals surface area contributed by atoms with Gasteiger partial charge in [0, 0.05) is 58.1 Å². The Morgan fingerprint density at radius 3 is 2.40 bits per heavy atom. The number of benzene rings is 2. The number of aliphatic imine (C=N–C) groups is 1. The highest BCUT2D eigenvalue weighted by molar-refractivity contribution is 14.0. The Hall–Kier alpha value is -2.49. The van der Waals surface area contributed by atoms with Gasteiger partial charge >= 0.3 is 0 Å². The normalized spacial score (nSPS) is 14.0. The van der Waals surface area contributed by atoms with Crippen molar-refractivity contribution in [1.82, 2.24) is 10.2 Å². The molecule has 0 aromatic heterocycles. The second-order valence-electron chi connectivity index (χ2n) is 6.95. The molecule has 2 N–H and O–H groups in total. The van der Waals surface area contributed by atoms with Crippen LogP contribution >= 0.6 is 24.0 Å². The fourth-order valence-electron chi connectivity index (χ4n) is 3.45. The van der Waals surface area contributed by atoms with Crippen molar-refractivity contribution in [1.29, 1.82) is 0 Å². The third kappa shape index (κ3) is 6.51. The third-order valence-electron chi connectivity index (χ3n) is 4.93. The molecule has 1 aliphatic rings. The number of carbonyl (C=O) groups is 1. The van der Waals surface area contributed by atoms with Gasteiger partial charge in [-0.25, -0.2) is 0 Å². The Kier molecular flexibility index (Phi) is 9.22. The molecule has 0 aliphatic carbocycles. The number of carbonyl (C=O) groups excluding carboxylic acids is 1. The minimum absolute atomic E-state index is 0. The van der Waals surface area contributed by atoms with Crippen molar-refractivity contribution in [2.45, 2.75) is 13.5 Å². The number of guanidine groups is 1. The van der Waals surface area contributed by atoms with Gasteiger partial charge < -0.3 is 25.2 Å². The summed E-state index contributed by atoms with van der Waals surface area (Å²) in [5.74, 6) is 1.70. The van der Waals surface area contributed by atoms with Crippen molar-refractivity contribution < 1.29 is 9.53 Å². The van der Waals surface area contributed by atoms with E-state index in [1.54, 1.807) is 7.11 Å². The maximum absolute atomic E-state index is 11.2. The van der Waals surface area contributed by atoms with Gasteiger partial charge in [-0.1, -0.05) is 12.1 Å². The van der Waals surface area contributed by atoms with E-state index in [2.05, 4.69) is 37.6 Å². The van der Waals surface area contributed by atoms with Crippen molar-refractivity contribution in [2.75, 3.05) is 50.6 Å². The summed E-state index contributed by atoms with van der Waals surface area (Å²) in [6.45, 7) is 5.84. The van der Waals surface area contributed by atoms with Crippen molar-refractivity contribution in [3.63, 3.8) is 0 Å². The van der Waals surface area contributed by atoms with Crippen molar-refractivity contribution >= 4 is 47.2 Å². The highest BCUT2D eigenvalue weighted by atomic mass is 127. The van der Waals surface area contributed by atoms with Crippen molar-refractivity contribution in [3.05, 3.63) is 54.1 Å². The van der Waals surface area contributed by atoms with Gasteiger partial charge in [-0.3, -0.25) is 9.79 Å². The quantitative estimate of drug-likeness (QED) is 0.358. The van der Waals surface area contributed by atoms with Crippen LogP contribution < -0.4 is 20.3 Å². The minimum Gasteiger partial charge on any atom is -0.497 e. The number of piperazine rings is 1. The monoisotopic (exact) mass is 523 g/mol. The molecule has 0 spiro atoms. The summed E-state index contributed by atoms with van der Waals surface area (Å²) in [5, 5.41) is 6.25. The summed E-state index contributed by atoms with van der Waals surface area (Å²) in [5.41, 5.74) is 3.11. The minimum atomic E-state index is -0.0688. The van der Waals surface area contributed by atoms with Crippen LogP contribution in [0.4, 0.5) is 11.4 Å². The van der Waals surface area contributed by atoms with Crippen LogP contribution in [0.15, 0.2) is 53.5 Å². The second-order valence-corrected chi connectivity index (χ2v) is 6.95. The van der Waals surface area contributed by atoms with Gasteiger partial charge in [0.05, 0.1) is 7.11 Å². The molecule has 7 nitrogen and oxygen atoms in total. The molecule has 0 unspecified atom stereocenters.